The second-order valence-electron chi connectivity index (χ2n) is 8.19. The number of nitrogens with one attached hydrogen (secondary N) is 2. The molecule has 6 nitrogen and oxygen atoms in total. The second-order valence-corrected chi connectivity index (χ2v) is 8.19. The van der Waals surface area contributed by atoms with Gasteiger partial charge in [0.15, 0.2) is 5.96 Å². The normalized spacial score (nSPS) is 18.6. The molecule has 2 N–H and O–H groups in total. The molecule has 0 saturated carbocycles. The number of likely N-dealkylation sites (tertiary alicyclic amines) is 1. The third kappa shape index (κ3) is 5.30. The predicted octanol–water partition coefficient (Wildman–Crippen LogP) is 3.18. The lowest BCUT2D eigenvalue weighted by Gasteiger charge is -2.29. The molecule has 6 heteroatoms. The minimum Gasteiger partial charge on any atom is -0.357 e. The van der Waals surface area contributed by atoms with Crippen LogP contribution in [0.3, 0.4) is 0 Å². The summed E-state index contributed by atoms with van der Waals surface area (Å²) in [7, 11) is 1.84. The van der Waals surface area contributed by atoms with Gasteiger partial charge < -0.3 is 15.5 Å². The lowest BCUT2D eigenvalue weighted by atomic mass is 10.1. The van der Waals surface area contributed by atoms with Crippen molar-refractivity contribution in [3.8, 4) is 0 Å². The Bertz CT molecular complexity index is 809. The summed E-state index contributed by atoms with van der Waals surface area (Å²) >= 11 is 0. The highest BCUT2D eigenvalue weighted by molar-refractivity contribution is 5.79. The van der Waals surface area contributed by atoms with E-state index in [0.29, 0.717) is 6.04 Å². The number of benzene rings is 1. The molecule has 0 amide bonds. The average Bonchev–Trinajstić information content (AvgIpc) is 3.52. The molecule has 160 valence electrons. The lowest BCUT2D eigenvalue weighted by molar-refractivity contribution is 0.245. The zero-order valence-electron chi connectivity index (χ0n) is 18.1. The van der Waals surface area contributed by atoms with E-state index in [4.69, 9.17) is 0 Å². The third-order valence-electron chi connectivity index (χ3n) is 6.15. The highest BCUT2D eigenvalue weighted by Gasteiger charge is 2.23. The van der Waals surface area contributed by atoms with Crippen molar-refractivity contribution < 1.29 is 0 Å². The van der Waals surface area contributed by atoms with Gasteiger partial charge in [-0.25, -0.2) is 4.98 Å². The molecule has 0 spiro atoms. The summed E-state index contributed by atoms with van der Waals surface area (Å²) in [4.78, 5) is 14.0. The van der Waals surface area contributed by atoms with Crippen LogP contribution in [0.1, 0.15) is 42.9 Å². The summed E-state index contributed by atoms with van der Waals surface area (Å²) in [5, 5.41) is 7.03. The SMILES string of the molecule is CN=C(NCc1ccnc(N2CCCC2)c1)NCC(c1ccccc1)N1CCCC1. The monoisotopic (exact) mass is 406 g/mol. The van der Waals surface area contributed by atoms with Gasteiger partial charge in [0.05, 0.1) is 6.04 Å². The first-order valence-corrected chi connectivity index (χ1v) is 11.3. The lowest BCUT2D eigenvalue weighted by Crippen LogP contribution is -2.42. The summed E-state index contributed by atoms with van der Waals surface area (Å²) in [5.41, 5.74) is 2.60. The number of aromatic nitrogens is 1. The van der Waals surface area contributed by atoms with E-state index in [2.05, 4.69) is 72.9 Å². The number of rotatable bonds is 7. The van der Waals surface area contributed by atoms with Crippen LogP contribution in [0, 0.1) is 0 Å². The number of anilines is 1. The molecule has 4 rings (SSSR count). The van der Waals surface area contributed by atoms with Crippen LogP contribution < -0.4 is 15.5 Å². The Hall–Kier alpha value is -2.60. The molecule has 0 radical (unpaired) electrons. The summed E-state index contributed by atoms with van der Waals surface area (Å²) < 4.78 is 0. The van der Waals surface area contributed by atoms with E-state index in [1.165, 1.54) is 49.9 Å². The van der Waals surface area contributed by atoms with Crippen LogP contribution in [-0.4, -0.2) is 55.6 Å². The van der Waals surface area contributed by atoms with Gasteiger partial charge in [-0.2, -0.15) is 0 Å². The standard InChI is InChI=1S/C24H34N6/c1-25-24(27-18-20-11-12-26-23(17-20)30-15-7-8-16-30)28-19-22(29-13-5-6-14-29)21-9-3-2-4-10-21/h2-4,9-12,17,22H,5-8,13-16,18-19H2,1H3,(H2,25,27,28). The van der Waals surface area contributed by atoms with Crippen LogP contribution in [0.2, 0.25) is 0 Å². The predicted molar refractivity (Wildman–Crippen MR) is 124 cm³/mol. The van der Waals surface area contributed by atoms with E-state index < -0.39 is 0 Å². The summed E-state index contributed by atoms with van der Waals surface area (Å²) in [5.74, 6) is 1.93. The molecule has 2 aliphatic heterocycles. The molecule has 0 aliphatic carbocycles. The topological polar surface area (TPSA) is 55.8 Å². The zero-order chi connectivity index (χ0) is 20.6. The van der Waals surface area contributed by atoms with Crippen molar-refractivity contribution in [2.24, 2.45) is 4.99 Å². The molecule has 1 atom stereocenters. The minimum absolute atomic E-state index is 0.370. The molecule has 3 heterocycles. The molecule has 2 saturated heterocycles. The first-order chi connectivity index (χ1) is 14.8. The Labute approximate surface area is 180 Å². The molecule has 1 aromatic carbocycles. The van der Waals surface area contributed by atoms with Crippen LogP contribution in [0.5, 0.6) is 0 Å². The van der Waals surface area contributed by atoms with Crippen LogP contribution in [0.25, 0.3) is 0 Å². The van der Waals surface area contributed by atoms with Crippen LogP contribution >= 0.6 is 0 Å². The van der Waals surface area contributed by atoms with E-state index in [-0.39, 0.29) is 0 Å². The summed E-state index contributed by atoms with van der Waals surface area (Å²) in [6.45, 7) is 6.16. The molecule has 1 aromatic heterocycles. The largest absolute Gasteiger partial charge is 0.357 e. The van der Waals surface area contributed by atoms with Gasteiger partial charge in [-0.05, 0) is 62.0 Å². The van der Waals surface area contributed by atoms with Crippen LogP contribution in [0.4, 0.5) is 5.82 Å². The van der Waals surface area contributed by atoms with Crippen molar-refractivity contribution in [2.75, 3.05) is 44.7 Å². The number of hydrogen-bond donors (Lipinski definition) is 2. The van der Waals surface area contributed by atoms with Crippen molar-refractivity contribution in [1.29, 1.82) is 0 Å². The number of hydrogen-bond acceptors (Lipinski definition) is 4. The van der Waals surface area contributed by atoms with Gasteiger partial charge >= 0.3 is 0 Å². The molecular formula is C24H34N6. The Morgan fingerprint density at radius 2 is 1.73 bits per heavy atom. The molecule has 1 unspecified atom stereocenters. The van der Waals surface area contributed by atoms with Crippen LogP contribution in [-0.2, 0) is 6.54 Å². The van der Waals surface area contributed by atoms with Crippen molar-refractivity contribution >= 4 is 11.8 Å². The maximum Gasteiger partial charge on any atom is 0.191 e. The Kier molecular flexibility index (Phi) is 7.19. The quantitative estimate of drug-likeness (QED) is 0.546. The highest BCUT2D eigenvalue weighted by atomic mass is 15.2. The van der Waals surface area contributed by atoms with Gasteiger partial charge in [0.1, 0.15) is 5.82 Å². The van der Waals surface area contributed by atoms with Gasteiger partial charge in [0.2, 0.25) is 0 Å². The smallest absolute Gasteiger partial charge is 0.191 e. The van der Waals surface area contributed by atoms with Crippen LogP contribution in [0.15, 0.2) is 53.7 Å². The Morgan fingerprint density at radius 3 is 2.47 bits per heavy atom. The van der Waals surface area contributed by atoms with E-state index in [9.17, 15) is 0 Å². The van der Waals surface area contributed by atoms with E-state index in [0.717, 1.165) is 38.0 Å². The zero-order valence-corrected chi connectivity index (χ0v) is 18.1. The van der Waals surface area contributed by atoms with Gasteiger partial charge in [0, 0.05) is 39.4 Å². The fraction of sp³-hybridized carbons (Fsp3) is 0.500. The van der Waals surface area contributed by atoms with Gasteiger partial charge in [-0.3, -0.25) is 9.89 Å². The number of aliphatic imine (C=N–C) groups is 1. The fourth-order valence-electron chi connectivity index (χ4n) is 4.48. The Balaban J connectivity index is 1.34. The van der Waals surface area contributed by atoms with Gasteiger partial charge in [0.25, 0.3) is 0 Å². The second kappa shape index (κ2) is 10.4. The Morgan fingerprint density at radius 1 is 1.00 bits per heavy atom. The molecule has 2 aliphatic rings. The number of nitrogens with zero attached hydrogens (tertiary/aromatic N) is 4. The first-order valence-electron chi connectivity index (χ1n) is 11.3. The summed E-state index contributed by atoms with van der Waals surface area (Å²) in [6.07, 6.45) is 7.02. The van der Waals surface area contributed by atoms with Gasteiger partial charge in [-0.15, -0.1) is 0 Å². The number of pyridine rings is 1. The maximum atomic E-state index is 4.55. The van der Waals surface area contributed by atoms with Gasteiger partial charge in [-0.1, -0.05) is 30.3 Å². The molecule has 0 bridgehead atoms. The maximum absolute atomic E-state index is 4.55. The third-order valence-corrected chi connectivity index (χ3v) is 6.15. The van der Waals surface area contributed by atoms with E-state index in [1.54, 1.807) is 0 Å². The average molecular weight is 407 g/mol. The molecular weight excluding hydrogens is 372 g/mol. The fourth-order valence-corrected chi connectivity index (χ4v) is 4.48. The summed E-state index contributed by atoms with van der Waals surface area (Å²) in [6, 6.07) is 15.5. The van der Waals surface area contributed by atoms with Crippen molar-refractivity contribution in [2.45, 2.75) is 38.3 Å². The van der Waals surface area contributed by atoms with E-state index in [1.807, 2.05) is 13.2 Å². The van der Waals surface area contributed by atoms with Crippen molar-refractivity contribution in [3.63, 3.8) is 0 Å². The molecule has 2 aromatic rings. The highest BCUT2D eigenvalue weighted by Crippen LogP contribution is 2.24. The van der Waals surface area contributed by atoms with Crippen molar-refractivity contribution in [1.82, 2.24) is 20.5 Å². The first kappa shape index (κ1) is 20.7. The molecule has 30 heavy (non-hydrogen) atoms. The van der Waals surface area contributed by atoms with Crippen molar-refractivity contribution in [3.05, 3.63) is 59.8 Å². The molecule has 2 fully saturated rings. The van der Waals surface area contributed by atoms with E-state index >= 15 is 0 Å². The number of guanidine groups is 1. The minimum atomic E-state index is 0.370.